The van der Waals surface area contributed by atoms with Gasteiger partial charge in [0.25, 0.3) is 0 Å². The largest absolute Gasteiger partial charge is 0.208 e. The zero-order valence-corrected chi connectivity index (χ0v) is 38.8. The summed E-state index contributed by atoms with van der Waals surface area (Å²) in [6, 6.07) is 85.8. The van der Waals surface area contributed by atoms with E-state index in [9.17, 15) is 0 Å². The Bertz CT molecular complexity index is 4100. The molecule has 0 saturated carbocycles. The second kappa shape index (κ2) is 15.9. The Hall–Kier alpha value is -8.35. The molecule has 3 nitrogen and oxygen atoms in total. The van der Waals surface area contributed by atoms with Crippen molar-refractivity contribution in [3.05, 3.63) is 259 Å². The first kappa shape index (κ1) is 39.8. The standard InChI is InChI=1S/C64H39N3S2/c1-4-18-40(19-5-1)42-36-43(41-34-35-58-53(39-41)48-25-12-14-32-56(48)68-58)38-44(37-42)61-65-62(67-63(66-61)52-29-16-27-49-47-24-11-15-33-57(47)69-60(49)52)51-28-17-31-55-59(51)50-26-10-13-30-54(50)64(55,45-20-6-2-7-21-45)46-22-8-3-9-23-46/h1-39H. The zero-order chi connectivity index (χ0) is 45.5. The molecule has 3 heterocycles. The Labute approximate surface area is 407 Å². The maximum atomic E-state index is 5.60. The molecule has 0 spiro atoms. The van der Waals surface area contributed by atoms with Crippen LogP contribution in [0.3, 0.4) is 0 Å². The van der Waals surface area contributed by atoms with Crippen LogP contribution in [-0.4, -0.2) is 15.0 Å². The van der Waals surface area contributed by atoms with Crippen LogP contribution in [0.2, 0.25) is 0 Å². The summed E-state index contributed by atoms with van der Waals surface area (Å²) >= 11 is 3.64. The quantitative estimate of drug-likeness (QED) is 0.160. The summed E-state index contributed by atoms with van der Waals surface area (Å²) in [6.07, 6.45) is 0. The molecule has 5 heteroatoms. The fourth-order valence-corrected chi connectivity index (χ4v) is 13.3. The van der Waals surface area contributed by atoms with Crippen molar-refractivity contribution >= 4 is 63.0 Å². The molecule has 0 radical (unpaired) electrons. The molecule has 13 aromatic rings. The number of hydrogen-bond acceptors (Lipinski definition) is 5. The first-order chi connectivity index (χ1) is 34.2. The van der Waals surface area contributed by atoms with Crippen LogP contribution in [0.25, 0.3) is 108 Å². The van der Waals surface area contributed by atoms with Crippen molar-refractivity contribution in [3.63, 3.8) is 0 Å². The van der Waals surface area contributed by atoms with Crippen LogP contribution < -0.4 is 0 Å². The van der Waals surface area contributed by atoms with E-state index < -0.39 is 5.41 Å². The Kier molecular flexibility index (Phi) is 9.16. The average molecular weight is 914 g/mol. The van der Waals surface area contributed by atoms with Crippen molar-refractivity contribution in [1.82, 2.24) is 15.0 Å². The molecule has 0 atom stereocenters. The van der Waals surface area contributed by atoms with Gasteiger partial charge in [-0.2, -0.15) is 0 Å². The van der Waals surface area contributed by atoms with Crippen molar-refractivity contribution in [2.45, 2.75) is 5.41 Å². The van der Waals surface area contributed by atoms with Crippen LogP contribution in [-0.2, 0) is 5.41 Å². The highest BCUT2D eigenvalue weighted by Crippen LogP contribution is 2.58. The van der Waals surface area contributed by atoms with E-state index >= 15 is 0 Å². The molecule has 0 N–H and O–H groups in total. The number of aromatic nitrogens is 3. The predicted octanol–water partition coefficient (Wildman–Crippen LogP) is 17.3. The topological polar surface area (TPSA) is 38.7 Å². The Morgan fingerprint density at radius 2 is 0.797 bits per heavy atom. The summed E-state index contributed by atoms with van der Waals surface area (Å²) < 4.78 is 4.97. The average Bonchev–Trinajstić information content (AvgIpc) is 4.10. The van der Waals surface area contributed by atoms with E-state index in [0.29, 0.717) is 17.5 Å². The molecular weight excluding hydrogens is 875 g/mol. The molecule has 0 saturated heterocycles. The highest BCUT2D eigenvalue weighted by molar-refractivity contribution is 7.26. The third kappa shape index (κ3) is 6.28. The van der Waals surface area contributed by atoms with E-state index in [1.807, 2.05) is 11.3 Å². The highest BCUT2D eigenvalue weighted by Gasteiger charge is 2.47. The second-order valence-corrected chi connectivity index (χ2v) is 20.0. The van der Waals surface area contributed by atoms with Crippen molar-refractivity contribution in [2.75, 3.05) is 0 Å². The number of nitrogens with zero attached hydrogens (tertiary/aromatic N) is 3. The first-order valence-electron chi connectivity index (χ1n) is 23.3. The third-order valence-electron chi connectivity index (χ3n) is 14.0. The van der Waals surface area contributed by atoms with Gasteiger partial charge in [-0.1, -0.05) is 188 Å². The first-order valence-corrected chi connectivity index (χ1v) is 25.0. The van der Waals surface area contributed by atoms with Crippen molar-refractivity contribution in [2.24, 2.45) is 0 Å². The molecule has 69 heavy (non-hydrogen) atoms. The van der Waals surface area contributed by atoms with E-state index in [1.54, 1.807) is 11.3 Å². The molecule has 10 aromatic carbocycles. The summed E-state index contributed by atoms with van der Waals surface area (Å²) in [5.41, 5.74) is 14.0. The zero-order valence-electron chi connectivity index (χ0n) is 37.2. The SMILES string of the molecule is c1ccc(-c2cc(-c3ccc4sc5ccccc5c4c3)cc(-c3nc(-c4cccc5c4-c4ccccc4C5(c4ccccc4)c4ccccc4)nc(-c4cccc5c4sc4ccccc45)n3)c2)cc1. The highest BCUT2D eigenvalue weighted by atomic mass is 32.1. The van der Waals surface area contributed by atoms with Gasteiger partial charge in [0.2, 0.25) is 0 Å². The summed E-state index contributed by atoms with van der Waals surface area (Å²) in [5, 5.41) is 4.98. The second-order valence-electron chi connectivity index (χ2n) is 17.8. The minimum Gasteiger partial charge on any atom is -0.208 e. The molecule has 0 aliphatic heterocycles. The summed E-state index contributed by atoms with van der Waals surface area (Å²) in [6.45, 7) is 0. The fourth-order valence-electron chi connectivity index (χ4n) is 11.0. The number of fused-ring (bicyclic) bond motifs is 9. The molecule has 3 aromatic heterocycles. The van der Waals surface area contributed by atoms with Crippen LogP contribution in [0.15, 0.2) is 237 Å². The van der Waals surface area contributed by atoms with Gasteiger partial charge in [-0.3, -0.25) is 0 Å². The smallest absolute Gasteiger partial charge is 0.165 e. The van der Waals surface area contributed by atoms with Gasteiger partial charge < -0.3 is 0 Å². The molecule has 0 amide bonds. The van der Waals surface area contributed by atoms with Crippen LogP contribution in [0.1, 0.15) is 22.3 Å². The lowest BCUT2D eigenvalue weighted by Gasteiger charge is -2.33. The summed E-state index contributed by atoms with van der Waals surface area (Å²) in [7, 11) is 0. The summed E-state index contributed by atoms with van der Waals surface area (Å²) in [4.78, 5) is 16.7. The Morgan fingerprint density at radius 1 is 0.290 bits per heavy atom. The maximum absolute atomic E-state index is 5.60. The van der Waals surface area contributed by atoms with E-state index in [1.165, 1.54) is 63.5 Å². The van der Waals surface area contributed by atoms with E-state index in [2.05, 4.69) is 237 Å². The van der Waals surface area contributed by atoms with Crippen molar-refractivity contribution < 1.29 is 0 Å². The lowest BCUT2D eigenvalue weighted by molar-refractivity contribution is 0.768. The van der Waals surface area contributed by atoms with Gasteiger partial charge in [-0.05, 0) is 104 Å². The van der Waals surface area contributed by atoms with Gasteiger partial charge in [0.15, 0.2) is 17.5 Å². The van der Waals surface area contributed by atoms with Crippen molar-refractivity contribution in [1.29, 1.82) is 0 Å². The van der Waals surface area contributed by atoms with Gasteiger partial charge >= 0.3 is 0 Å². The molecule has 0 unspecified atom stereocenters. The molecule has 1 aliphatic carbocycles. The number of benzene rings is 10. The monoisotopic (exact) mass is 913 g/mol. The van der Waals surface area contributed by atoms with E-state index in [0.717, 1.165) is 49.2 Å². The molecule has 0 fully saturated rings. The number of hydrogen-bond donors (Lipinski definition) is 0. The van der Waals surface area contributed by atoms with Gasteiger partial charge in [0.1, 0.15) is 0 Å². The van der Waals surface area contributed by atoms with Gasteiger partial charge in [0.05, 0.1) is 5.41 Å². The molecule has 14 rings (SSSR count). The number of thiophene rings is 2. The molecule has 0 bridgehead atoms. The Morgan fingerprint density at radius 3 is 1.55 bits per heavy atom. The minimum atomic E-state index is -0.570. The van der Waals surface area contributed by atoms with E-state index in [-0.39, 0.29) is 0 Å². The Balaban J connectivity index is 1.05. The maximum Gasteiger partial charge on any atom is 0.165 e. The van der Waals surface area contributed by atoms with Crippen LogP contribution >= 0.6 is 22.7 Å². The van der Waals surface area contributed by atoms with E-state index in [4.69, 9.17) is 15.0 Å². The van der Waals surface area contributed by atoms with Crippen LogP contribution in [0, 0.1) is 0 Å². The summed E-state index contributed by atoms with van der Waals surface area (Å²) in [5.74, 6) is 1.90. The van der Waals surface area contributed by atoms with Gasteiger partial charge in [-0.15, -0.1) is 22.7 Å². The molecule has 322 valence electrons. The van der Waals surface area contributed by atoms with Crippen molar-refractivity contribution in [3.8, 4) is 67.5 Å². The molecular formula is C64H39N3S2. The molecule has 1 aliphatic rings. The lowest BCUT2D eigenvalue weighted by Crippen LogP contribution is -2.28. The normalized spacial score (nSPS) is 12.8. The van der Waals surface area contributed by atoms with Gasteiger partial charge in [0, 0.05) is 57.0 Å². The lowest BCUT2D eigenvalue weighted by atomic mass is 9.67. The predicted molar refractivity (Wildman–Crippen MR) is 290 cm³/mol. The van der Waals surface area contributed by atoms with Gasteiger partial charge in [-0.25, -0.2) is 15.0 Å². The van der Waals surface area contributed by atoms with Crippen LogP contribution in [0.5, 0.6) is 0 Å². The third-order valence-corrected chi connectivity index (χ3v) is 16.4. The number of rotatable bonds is 7. The minimum absolute atomic E-state index is 0.570. The van der Waals surface area contributed by atoms with Crippen LogP contribution in [0.4, 0.5) is 0 Å². The fraction of sp³-hybridized carbons (Fsp3) is 0.0156.